The van der Waals surface area contributed by atoms with Gasteiger partial charge in [0.25, 0.3) is 0 Å². The maximum atomic E-state index is 9.65. The normalized spacial score (nSPS) is 27.5. The molecule has 0 aromatic carbocycles. The van der Waals surface area contributed by atoms with Gasteiger partial charge >= 0.3 is 0 Å². The highest BCUT2D eigenvalue weighted by Gasteiger charge is 2.27. The summed E-state index contributed by atoms with van der Waals surface area (Å²) in [6.45, 7) is 8.94. The lowest BCUT2D eigenvalue weighted by atomic mass is 9.74. The molecule has 1 aliphatic carbocycles. The Bertz CT molecular complexity index is 201. The SMILES string of the molecule is CC(C)CC1=CC(O)CC(C)(C)C1. The molecule has 0 saturated carbocycles. The van der Waals surface area contributed by atoms with Crippen molar-refractivity contribution >= 4 is 0 Å². The molecule has 76 valence electrons. The van der Waals surface area contributed by atoms with Crippen LogP contribution in [0.1, 0.15) is 47.0 Å². The van der Waals surface area contributed by atoms with Gasteiger partial charge in [0.1, 0.15) is 0 Å². The minimum absolute atomic E-state index is 0.211. The summed E-state index contributed by atoms with van der Waals surface area (Å²) in [4.78, 5) is 0. The molecule has 1 rings (SSSR count). The quantitative estimate of drug-likeness (QED) is 0.650. The van der Waals surface area contributed by atoms with Crippen LogP contribution in [0.2, 0.25) is 0 Å². The highest BCUT2D eigenvalue weighted by molar-refractivity contribution is 5.13. The van der Waals surface area contributed by atoms with Crippen LogP contribution >= 0.6 is 0 Å². The van der Waals surface area contributed by atoms with Gasteiger partial charge in [-0.15, -0.1) is 0 Å². The molecule has 0 fully saturated rings. The smallest absolute Gasteiger partial charge is 0.0728 e. The molecular weight excluding hydrogens is 160 g/mol. The number of hydrogen-bond acceptors (Lipinski definition) is 1. The molecule has 1 nitrogen and oxygen atoms in total. The van der Waals surface area contributed by atoms with E-state index in [1.807, 2.05) is 0 Å². The molecule has 0 aromatic rings. The fraction of sp³-hybridized carbons (Fsp3) is 0.833. The van der Waals surface area contributed by atoms with Crippen molar-refractivity contribution in [2.75, 3.05) is 0 Å². The average molecular weight is 182 g/mol. The minimum Gasteiger partial charge on any atom is -0.389 e. The molecule has 0 bridgehead atoms. The number of allylic oxidation sites excluding steroid dienone is 1. The molecule has 1 atom stereocenters. The Hall–Kier alpha value is -0.300. The van der Waals surface area contributed by atoms with Crippen LogP contribution in [0, 0.1) is 11.3 Å². The van der Waals surface area contributed by atoms with Gasteiger partial charge in [0.15, 0.2) is 0 Å². The van der Waals surface area contributed by atoms with Crippen molar-refractivity contribution in [3.8, 4) is 0 Å². The molecule has 0 spiro atoms. The maximum Gasteiger partial charge on any atom is 0.0728 e. The lowest BCUT2D eigenvalue weighted by Gasteiger charge is -2.33. The van der Waals surface area contributed by atoms with E-state index in [4.69, 9.17) is 0 Å². The van der Waals surface area contributed by atoms with E-state index < -0.39 is 0 Å². The average Bonchev–Trinajstić information content (AvgIpc) is 1.78. The van der Waals surface area contributed by atoms with Crippen LogP contribution in [0.3, 0.4) is 0 Å². The molecule has 0 aliphatic heterocycles. The fourth-order valence-corrected chi connectivity index (χ4v) is 2.31. The third kappa shape index (κ3) is 3.51. The third-order valence-corrected chi connectivity index (χ3v) is 2.57. The van der Waals surface area contributed by atoms with Crippen LogP contribution < -0.4 is 0 Å². The van der Waals surface area contributed by atoms with Gasteiger partial charge in [-0.05, 0) is 30.6 Å². The first-order valence-corrected chi connectivity index (χ1v) is 5.27. The summed E-state index contributed by atoms with van der Waals surface area (Å²) < 4.78 is 0. The molecular formula is C12H22O. The van der Waals surface area contributed by atoms with E-state index in [0.29, 0.717) is 11.3 Å². The molecule has 1 heteroatoms. The molecule has 0 aromatic heterocycles. The number of aliphatic hydroxyl groups excluding tert-OH is 1. The zero-order valence-corrected chi connectivity index (χ0v) is 9.30. The van der Waals surface area contributed by atoms with Crippen LogP contribution in [0.25, 0.3) is 0 Å². The van der Waals surface area contributed by atoms with Crippen LogP contribution in [-0.4, -0.2) is 11.2 Å². The lowest BCUT2D eigenvalue weighted by Crippen LogP contribution is -2.25. The van der Waals surface area contributed by atoms with Crippen molar-refractivity contribution in [2.24, 2.45) is 11.3 Å². The van der Waals surface area contributed by atoms with Crippen molar-refractivity contribution in [3.63, 3.8) is 0 Å². The summed E-state index contributed by atoms with van der Waals surface area (Å²) in [5, 5.41) is 9.65. The standard InChI is InChI=1S/C12H22O/c1-9(2)5-10-6-11(13)8-12(3,4)7-10/h6,9,11,13H,5,7-8H2,1-4H3. The van der Waals surface area contributed by atoms with E-state index in [2.05, 4.69) is 33.8 Å². The Morgan fingerprint density at radius 2 is 2.15 bits per heavy atom. The number of hydrogen-bond donors (Lipinski definition) is 1. The summed E-state index contributed by atoms with van der Waals surface area (Å²) in [5.41, 5.74) is 1.73. The third-order valence-electron chi connectivity index (χ3n) is 2.57. The largest absolute Gasteiger partial charge is 0.389 e. The van der Waals surface area contributed by atoms with E-state index in [-0.39, 0.29) is 6.10 Å². The Balaban J connectivity index is 2.64. The Morgan fingerprint density at radius 1 is 1.54 bits per heavy atom. The van der Waals surface area contributed by atoms with Gasteiger partial charge in [0.05, 0.1) is 6.10 Å². The van der Waals surface area contributed by atoms with E-state index in [1.54, 1.807) is 0 Å². The zero-order chi connectivity index (χ0) is 10.1. The summed E-state index contributed by atoms with van der Waals surface area (Å²) >= 11 is 0. The topological polar surface area (TPSA) is 20.2 Å². The molecule has 1 aliphatic rings. The summed E-state index contributed by atoms with van der Waals surface area (Å²) in [5.74, 6) is 0.701. The van der Waals surface area contributed by atoms with Crippen molar-refractivity contribution in [1.82, 2.24) is 0 Å². The van der Waals surface area contributed by atoms with Crippen molar-refractivity contribution < 1.29 is 5.11 Å². The zero-order valence-electron chi connectivity index (χ0n) is 9.30. The number of rotatable bonds is 2. The maximum absolute atomic E-state index is 9.65. The van der Waals surface area contributed by atoms with Crippen molar-refractivity contribution in [1.29, 1.82) is 0 Å². The Morgan fingerprint density at radius 3 is 2.62 bits per heavy atom. The Kier molecular flexibility index (Phi) is 3.18. The fourth-order valence-electron chi connectivity index (χ4n) is 2.31. The van der Waals surface area contributed by atoms with Crippen LogP contribution in [0.5, 0.6) is 0 Å². The molecule has 1 N–H and O–H groups in total. The second kappa shape index (κ2) is 3.83. The monoisotopic (exact) mass is 182 g/mol. The predicted octanol–water partition coefficient (Wildman–Crippen LogP) is 3.14. The molecule has 0 radical (unpaired) electrons. The predicted molar refractivity (Wildman–Crippen MR) is 56.6 cm³/mol. The van der Waals surface area contributed by atoms with Gasteiger partial charge in [-0.3, -0.25) is 0 Å². The Labute approximate surface area is 81.9 Å². The minimum atomic E-state index is -0.211. The molecule has 1 unspecified atom stereocenters. The highest BCUT2D eigenvalue weighted by atomic mass is 16.3. The van der Waals surface area contributed by atoms with Gasteiger partial charge in [0, 0.05) is 0 Å². The first-order chi connectivity index (χ1) is 5.89. The first kappa shape index (κ1) is 10.8. The second-order valence-corrected chi connectivity index (χ2v) is 5.54. The van der Waals surface area contributed by atoms with Crippen LogP contribution in [0.4, 0.5) is 0 Å². The summed E-state index contributed by atoms with van der Waals surface area (Å²) in [6, 6.07) is 0. The summed E-state index contributed by atoms with van der Waals surface area (Å²) in [7, 11) is 0. The van der Waals surface area contributed by atoms with E-state index >= 15 is 0 Å². The van der Waals surface area contributed by atoms with Gasteiger partial charge in [0.2, 0.25) is 0 Å². The van der Waals surface area contributed by atoms with Crippen molar-refractivity contribution in [3.05, 3.63) is 11.6 Å². The van der Waals surface area contributed by atoms with E-state index in [9.17, 15) is 5.11 Å². The molecule has 13 heavy (non-hydrogen) atoms. The van der Waals surface area contributed by atoms with Gasteiger partial charge in [-0.2, -0.15) is 0 Å². The van der Waals surface area contributed by atoms with E-state index in [0.717, 1.165) is 19.3 Å². The van der Waals surface area contributed by atoms with Crippen molar-refractivity contribution in [2.45, 2.75) is 53.1 Å². The highest BCUT2D eigenvalue weighted by Crippen LogP contribution is 2.37. The van der Waals surface area contributed by atoms with Gasteiger partial charge < -0.3 is 5.11 Å². The first-order valence-electron chi connectivity index (χ1n) is 5.27. The van der Waals surface area contributed by atoms with Crippen LogP contribution in [-0.2, 0) is 0 Å². The lowest BCUT2D eigenvalue weighted by molar-refractivity contribution is 0.137. The summed E-state index contributed by atoms with van der Waals surface area (Å²) in [6.07, 6.45) is 5.06. The molecule has 0 saturated heterocycles. The van der Waals surface area contributed by atoms with Gasteiger partial charge in [-0.1, -0.05) is 39.3 Å². The van der Waals surface area contributed by atoms with E-state index in [1.165, 1.54) is 5.57 Å². The van der Waals surface area contributed by atoms with Crippen LogP contribution in [0.15, 0.2) is 11.6 Å². The second-order valence-electron chi connectivity index (χ2n) is 5.54. The molecule has 0 heterocycles. The molecule has 0 amide bonds. The number of aliphatic hydroxyl groups is 1. The van der Waals surface area contributed by atoms with Gasteiger partial charge in [-0.25, -0.2) is 0 Å².